The largest absolute Gasteiger partial charge is 0.398 e. The summed E-state index contributed by atoms with van der Waals surface area (Å²) in [6, 6.07) is 12.3. The summed E-state index contributed by atoms with van der Waals surface area (Å²) < 4.78 is 0. The Hall–Kier alpha value is -2.00. The first kappa shape index (κ1) is 12.5. The zero-order chi connectivity index (χ0) is 13.1. The van der Waals surface area contributed by atoms with E-state index in [1.807, 2.05) is 13.0 Å². The SMILES string of the molecule is Cc1ccc(Cl)cc1NC(=O)c1ccccc1N. The smallest absolute Gasteiger partial charge is 0.257 e. The zero-order valence-electron chi connectivity index (χ0n) is 9.91. The number of nitrogens with one attached hydrogen (secondary N) is 1. The number of para-hydroxylation sites is 1. The van der Waals surface area contributed by atoms with Gasteiger partial charge in [-0.1, -0.05) is 29.8 Å². The van der Waals surface area contributed by atoms with Gasteiger partial charge in [0.15, 0.2) is 0 Å². The summed E-state index contributed by atoms with van der Waals surface area (Å²) in [5.41, 5.74) is 8.30. The maximum Gasteiger partial charge on any atom is 0.257 e. The number of nitrogen functional groups attached to an aromatic ring is 1. The van der Waals surface area contributed by atoms with Crippen LogP contribution in [0, 0.1) is 6.92 Å². The van der Waals surface area contributed by atoms with E-state index in [1.54, 1.807) is 36.4 Å². The van der Waals surface area contributed by atoms with Gasteiger partial charge >= 0.3 is 0 Å². The lowest BCUT2D eigenvalue weighted by molar-refractivity contribution is 0.102. The number of nitrogens with two attached hydrogens (primary N) is 1. The number of anilines is 2. The summed E-state index contributed by atoms with van der Waals surface area (Å²) in [4.78, 5) is 12.1. The number of benzene rings is 2. The van der Waals surface area contributed by atoms with Crippen LogP contribution in [-0.4, -0.2) is 5.91 Å². The van der Waals surface area contributed by atoms with E-state index >= 15 is 0 Å². The molecule has 0 saturated heterocycles. The first-order chi connectivity index (χ1) is 8.58. The third-order valence-corrected chi connectivity index (χ3v) is 2.89. The van der Waals surface area contributed by atoms with Crippen molar-refractivity contribution in [2.45, 2.75) is 6.92 Å². The number of hydrogen-bond donors (Lipinski definition) is 2. The molecule has 0 saturated carbocycles. The fourth-order valence-corrected chi connectivity index (χ4v) is 1.79. The molecule has 0 aromatic heterocycles. The third-order valence-electron chi connectivity index (χ3n) is 2.65. The summed E-state index contributed by atoms with van der Waals surface area (Å²) in [7, 11) is 0. The molecule has 2 aromatic carbocycles. The van der Waals surface area contributed by atoms with E-state index in [0.29, 0.717) is 22.0 Å². The molecule has 18 heavy (non-hydrogen) atoms. The Morgan fingerprint density at radius 3 is 2.67 bits per heavy atom. The van der Waals surface area contributed by atoms with Gasteiger partial charge in [0.2, 0.25) is 0 Å². The average Bonchev–Trinajstić information content (AvgIpc) is 2.34. The Kier molecular flexibility index (Phi) is 3.53. The lowest BCUT2D eigenvalue weighted by Gasteiger charge is -2.10. The van der Waals surface area contributed by atoms with E-state index in [-0.39, 0.29) is 5.91 Å². The number of rotatable bonds is 2. The number of hydrogen-bond acceptors (Lipinski definition) is 2. The molecule has 1 amide bonds. The fraction of sp³-hybridized carbons (Fsp3) is 0.0714. The number of aryl methyl sites for hydroxylation is 1. The first-order valence-electron chi connectivity index (χ1n) is 5.50. The normalized spacial score (nSPS) is 10.1. The predicted molar refractivity (Wildman–Crippen MR) is 75.0 cm³/mol. The summed E-state index contributed by atoms with van der Waals surface area (Å²) in [6.45, 7) is 1.90. The highest BCUT2D eigenvalue weighted by molar-refractivity contribution is 6.31. The van der Waals surface area contributed by atoms with Crippen molar-refractivity contribution in [2.75, 3.05) is 11.1 Å². The molecule has 4 heteroatoms. The van der Waals surface area contributed by atoms with Crippen molar-refractivity contribution in [1.82, 2.24) is 0 Å². The Balaban J connectivity index is 2.27. The second kappa shape index (κ2) is 5.10. The fourth-order valence-electron chi connectivity index (χ4n) is 1.62. The van der Waals surface area contributed by atoms with Crippen LogP contribution in [0.1, 0.15) is 15.9 Å². The van der Waals surface area contributed by atoms with E-state index in [9.17, 15) is 4.79 Å². The van der Waals surface area contributed by atoms with Crippen molar-refractivity contribution in [1.29, 1.82) is 0 Å². The van der Waals surface area contributed by atoms with Gasteiger partial charge < -0.3 is 11.1 Å². The molecule has 0 radical (unpaired) electrons. The van der Waals surface area contributed by atoms with Crippen molar-refractivity contribution in [2.24, 2.45) is 0 Å². The molecule has 3 nitrogen and oxygen atoms in total. The topological polar surface area (TPSA) is 55.1 Å². The molecule has 2 aromatic rings. The third kappa shape index (κ3) is 2.63. The van der Waals surface area contributed by atoms with Gasteiger partial charge in [0.05, 0.1) is 5.56 Å². The van der Waals surface area contributed by atoms with Crippen LogP contribution >= 0.6 is 11.6 Å². The van der Waals surface area contributed by atoms with Gasteiger partial charge in [0.1, 0.15) is 0 Å². The highest BCUT2D eigenvalue weighted by atomic mass is 35.5. The predicted octanol–water partition coefficient (Wildman–Crippen LogP) is 3.48. The molecule has 0 aliphatic heterocycles. The minimum absolute atomic E-state index is 0.238. The second-order valence-corrected chi connectivity index (χ2v) is 4.44. The maximum atomic E-state index is 12.1. The van der Waals surface area contributed by atoms with Gasteiger partial charge in [-0.25, -0.2) is 0 Å². The standard InChI is InChI=1S/C14H13ClN2O/c1-9-6-7-10(15)8-13(9)17-14(18)11-4-2-3-5-12(11)16/h2-8H,16H2,1H3,(H,17,18). The summed E-state index contributed by atoms with van der Waals surface area (Å²) in [6.07, 6.45) is 0. The van der Waals surface area contributed by atoms with Crippen LogP contribution in [-0.2, 0) is 0 Å². The molecular weight excluding hydrogens is 248 g/mol. The molecule has 0 aliphatic rings. The Morgan fingerprint density at radius 1 is 1.22 bits per heavy atom. The van der Waals surface area contributed by atoms with E-state index in [4.69, 9.17) is 17.3 Å². The van der Waals surface area contributed by atoms with E-state index in [2.05, 4.69) is 5.32 Å². The Morgan fingerprint density at radius 2 is 1.94 bits per heavy atom. The van der Waals surface area contributed by atoms with Crippen molar-refractivity contribution in [3.63, 3.8) is 0 Å². The van der Waals surface area contributed by atoms with Crippen LogP contribution in [0.2, 0.25) is 5.02 Å². The average molecular weight is 261 g/mol. The molecule has 0 aliphatic carbocycles. The quantitative estimate of drug-likeness (QED) is 0.812. The van der Waals surface area contributed by atoms with Gasteiger partial charge in [-0.15, -0.1) is 0 Å². The van der Waals surface area contributed by atoms with E-state index in [0.717, 1.165) is 5.56 Å². The van der Waals surface area contributed by atoms with Gasteiger partial charge in [0, 0.05) is 16.4 Å². The van der Waals surface area contributed by atoms with Gasteiger partial charge in [0.25, 0.3) is 5.91 Å². The lowest BCUT2D eigenvalue weighted by atomic mass is 10.1. The molecule has 0 unspecified atom stereocenters. The minimum Gasteiger partial charge on any atom is -0.398 e. The number of carbonyl (C=O) groups excluding carboxylic acids is 1. The molecule has 0 heterocycles. The minimum atomic E-state index is -0.238. The zero-order valence-corrected chi connectivity index (χ0v) is 10.7. The molecule has 3 N–H and O–H groups in total. The molecule has 0 bridgehead atoms. The lowest BCUT2D eigenvalue weighted by Crippen LogP contribution is -2.14. The van der Waals surface area contributed by atoms with E-state index in [1.165, 1.54) is 0 Å². The Bertz CT molecular complexity index is 596. The number of carbonyl (C=O) groups is 1. The maximum absolute atomic E-state index is 12.1. The molecule has 92 valence electrons. The summed E-state index contributed by atoms with van der Waals surface area (Å²) in [5.74, 6) is -0.238. The van der Waals surface area contributed by atoms with Gasteiger partial charge in [-0.3, -0.25) is 4.79 Å². The van der Waals surface area contributed by atoms with Crippen molar-refractivity contribution in [3.05, 3.63) is 58.6 Å². The van der Waals surface area contributed by atoms with Crippen LogP contribution in [0.3, 0.4) is 0 Å². The molecule has 2 rings (SSSR count). The van der Waals surface area contributed by atoms with Crippen LogP contribution in [0.4, 0.5) is 11.4 Å². The van der Waals surface area contributed by atoms with Crippen LogP contribution in [0.5, 0.6) is 0 Å². The molecule has 0 fully saturated rings. The van der Waals surface area contributed by atoms with Crippen molar-refractivity contribution >= 4 is 28.9 Å². The van der Waals surface area contributed by atoms with Crippen LogP contribution in [0.15, 0.2) is 42.5 Å². The monoisotopic (exact) mass is 260 g/mol. The summed E-state index contributed by atoms with van der Waals surface area (Å²) >= 11 is 5.90. The number of amides is 1. The van der Waals surface area contributed by atoms with Gasteiger partial charge in [-0.2, -0.15) is 0 Å². The second-order valence-electron chi connectivity index (χ2n) is 4.00. The Labute approximate surface area is 111 Å². The highest BCUT2D eigenvalue weighted by Gasteiger charge is 2.10. The molecule has 0 spiro atoms. The van der Waals surface area contributed by atoms with Crippen molar-refractivity contribution in [3.8, 4) is 0 Å². The summed E-state index contributed by atoms with van der Waals surface area (Å²) in [5, 5.41) is 3.39. The van der Waals surface area contributed by atoms with Crippen LogP contribution < -0.4 is 11.1 Å². The van der Waals surface area contributed by atoms with E-state index < -0.39 is 0 Å². The highest BCUT2D eigenvalue weighted by Crippen LogP contribution is 2.21. The first-order valence-corrected chi connectivity index (χ1v) is 5.88. The molecule has 0 atom stereocenters. The van der Waals surface area contributed by atoms with Gasteiger partial charge in [-0.05, 0) is 36.8 Å². The molecular formula is C14H13ClN2O. The van der Waals surface area contributed by atoms with Crippen molar-refractivity contribution < 1.29 is 4.79 Å². The van der Waals surface area contributed by atoms with Crippen LogP contribution in [0.25, 0.3) is 0 Å². The number of halogens is 1.